The maximum atomic E-state index is 13.6. The van der Waals surface area contributed by atoms with Crippen LogP contribution in [0.1, 0.15) is 44.2 Å². The normalized spacial score (nSPS) is 17.5. The number of H-pyrrole nitrogens is 1. The second-order valence-electron chi connectivity index (χ2n) is 8.70. The van der Waals surface area contributed by atoms with Gasteiger partial charge in [-0.3, -0.25) is 9.69 Å². The maximum absolute atomic E-state index is 13.6. The van der Waals surface area contributed by atoms with E-state index in [1.54, 1.807) is 0 Å². The monoisotopic (exact) mass is 403 g/mol. The third-order valence-electron chi connectivity index (χ3n) is 6.33. The molecule has 0 saturated carbocycles. The largest absolute Gasteiger partial charge is 0.361 e. The van der Waals surface area contributed by atoms with Gasteiger partial charge in [-0.2, -0.15) is 0 Å². The van der Waals surface area contributed by atoms with E-state index < -0.39 is 0 Å². The summed E-state index contributed by atoms with van der Waals surface area (Å²) in [5.41, 5.74) is 3.73. The van der Waals surface area contributed by atoms with Crippen molar-refractivity contribution in [2.75, 3.05) is 13.1 Å². The van der Waals surface area contributed by atoms with Gasteiger partial charge >= 0.3 is 0 Å². The maximum Gasteiger partial charge on any atom is 0.240 e. The van der Waals surface area contributed by atoms with Gasteiger partial charge in [0, 0.05) is 36.2 Å². The molecular formula is C26H33N3O. The van der Waals surface area contributed by atoms with Crippen LogP contribution in [0.4, 0.5) is 0 Å². The van der Waals surface area contributed by atoms with Crippen molar-refractivity contribution < 1.29 is 4.79 Å². The van der Waals surface area contributed by atoms with E-state index in [9.17, 15) is 4.79 Å². The molecule has 4 nitrogen and oxygen atoms in total. The molecule has 0 radical (unpaired) electrons. The molecule has 1 aromatic heterocycles. The van der Waals surface area contributed by atoms with Crippen LogP contribution in [0, 0.1) is 0 Å². The van der Waals surface area contributed by atoms with E-state index in [1.165, 1.54) is 22.9 Å². The molecule has 0 spiro atoms. The number of rotatable bonds is 7. The van der Waals surface area contributed by atoms with Gasteiger partial charge in [-0.1, -0.05) is 55.0 Å². The second-order valence-corrected chi connectivity index (χ2v) is 8.70. The van der Waals surface area contributed by atoms with Gasteiger partial charge in [0.15, 0.2) is 0 Å². The number of aromatic amines is 1. The Balaban J connectivity index is 1.47. The summed E-state index contributed by atoms with van der Waals surface area (Å²) in [6, 6.07) is 19.1. The van der Waals surface area contributed by atoms with Crippen LogP contribution in [0.2, 0.25) is 0 Å². The number of nitrogens with zero attached hydrogens (tertiary/aromatic N) is 2. The standard InChI is InChI=1S/C26H33N3O/c1-20(2)29(17-15-22-18-27-24-13-7-6-12-23(22)24)26(30)25-14-8-9-16-28(25)19-21-10-4-3-5-11-21/h3-7,10-13,18,20,25,27H,8-9,14-17,19H2,1-2H3. The Kier molecular flexibility index (Phi) is 6.53. The van der Waals surface area contributed by atoms with Gasteiger partial charge in [-0.25, -0.2) is 0 Å². The molecule has 1 N–H and O–H groups in total. The number of benzene rings is 2. The molecule has 1 fully saturated rings. The summed E-state index contributed by atoms with van der Waals surface area (Å²) in [6.45, 7) is 6.88. The summed E-state index contributed by atoms with van der Waals surface area (Å²) >= 11 is 0. The first-order valence-corrected chi connectivity index (χ1v) is 11.3. The van der Waals surface area contributed by atoms with Crippen molar-refractivity contribution in [3.8, 4) is 0 Å². The minimum Gasteiger partial charge on any atom is -0.361 e. The number of para-hydroxylation sites is 1. The fourth-order valence-corrected chi connectivity index (χ4v) is 4.67. The van der Waals surface area contributed by atoms with E-state index in [1.807, 2.05) is 6.07 Å². The third kappa shape index (κ3) is 4.59. The first kappa shape index (κ1) is 20.7. The van der Waals surface area contributed by atoms with E-state index in [2.05, 4.69) is 83.4 Å². The molecule has 4 heteroatoms. The number of fused-ring (bicyclic) bond motifs is 1. The second kappa shape index (κ2) is 9.48. The van der Waals surface area contributed by atoms with Crippen LogP contribution in [0.25, 0.3) is 10.9 Å². The fraction of sp³-hybridized carbons (Fsp3) is 0.423. The number of likely N-dealkylation sites (tertiary alicyclic amines) is 1. The molecule has 2 aromatic carbocycles. The minimum atomic E-state index is -0.00988. The van der Waals surface area contributed by atoms with Gasteiger partial charge in [0.2, 0.25) is 5.91 Å². The van der Waals surface area contributed by atoms with Crippen LogP contribution in [-0.2, 0) is 17.8 Å². The highest BCUT2D eigenvalue weighted by Crippen LogP contribution is 2.23. The Morgan fingerprint density at radius 1 is 1.10 bits per heavy atom. The molecule has 1 atom stereocenters. The lowest BCUT2D eigenvalue weighted by atomic mass is 9.99. The third-order valence-corrected chi connectivity index (χ3v) is 6.33. The molecule has 1 amide bonds. The average molecular weight is 404 g/mol. The summed E-state index contributed by atoms with van der Waals surface area (Å²) < 4.78 is 0. The smallest absolute Gasteiger partial charge is 0.240 e. The van der Waals surface area contributed by atoms with Gasteiger partial charge < -0.3 is 9.88 Å². The molecule has 1 unspecified atom stereocenters. The number of hydrogen-bond acceptors (Lipinski definition) is 2. The van der Waals surface area contributed by atoms with Crippen molar-refractivity contribution in [3.63, 3.8) is 0 Å². The van der Waals surface area contributed by atoms with Gasteiger partial charge in [0.25, 0.3) is 0 Å². The topological polar surface area (TPSA) is 39.3 Å². The Hall–Kier alpha value is -2.59. The van der Waals surface area contributed by atoms with E-state index >= 15 is 0 Å². The zero-order valence-corrected chi connectivity index (χ0v) is 18.2. The highest BCUT2D eigenvalue weighted by atomic mass is 16.2. The number of hydrogen-bond donors (Lipinski definition) is 1. The summed E-state index contributed by atoms with van der Waals surface area (Å²) in [4.78, 5) is 21.5. The van der Waals surface area contributed by atoms with Crippen LogP contribution in [-0.4, -0.2) is 45.9 Å². The number of piperidine rings is 1. The van der Waals surface area contributed by atoms with E-state index in [0.717, 1.165) is 44.4 Å². The minimum absolute atomic E-state index is 0.00988. The van der Waals surface area contributed by atoms with Gasteiger partial charge in [0.1, 0.15) is 0 Å². The van der Waals surface area contributed by atoms with Crippen LogP contribution >= 0.6 is 0 Å². The quantitative estimate of drug-likeness (QED) is 0.603. The molecule has 4 rings (SSSR count). The van der Waals surface area contributed by atoms with Crippen molar-refractivity contribution in [1.82, 2.24) is 14.8 Å². The lowest BCUT2D eigenvalue weighted by Crippen LogP contribution is -2.52. The Labute approximate surface area is 179 Å². The van der Waals surface area contributed by atoms with Crippen molar-refractivity contribution in [2.45, 2.75) is 58.2 Å². The molecule has 0 bridgehead atoms. The molecule has 158 valence electrons. The summed E-state index contributed by atoms with van der Waals surface area (Å²) in [5.74, 6) is 0.292. The number of aromatic nitrogens is 1. The van der Waals surface area contributed by atoms with Crippen LogP contribution < -0.4 is 0 Å². The van der Waals surface area contributed by atoms with Crippen LogP contribution in [0.15, 0.2) is 60.8 Å². The Morgan fingerprint density at radius 2 is 1.87 bits per heavy atom. The number of carbonyl (C=O) groups is 1. The zero-order valence-electron chi connectivity index (χ0n) is 18.2. The van der Waals surface area contributed by atoms with E-state index in [4.69, 9.17) is 0 Å². The highest BCUT2D eigenvalue weighted by Gasteiger charge is 2.32. The van der Waals surface area contributed by atoms with Gasteiger partial charge in [-0.15, -0.1) is 0 Å². The van der Waals surface area contributed by atoms with Crippen molar-refractivity contribution in [2.24, 2.45) is 0 Å². The van der Waals surface area contributed by atoms with Gasteiger partial charge in [-0.05, 0) is 56.8 Å². The Morgan fingerprint density at radius 3 is 2.67 bits per heavy atom. The lowest BCUT2D eigenvalue weighted by molar-refractivity contribution is -0.140. The molecule has 1 saturated heterocycles. The summed E-state index contributed by atoms with van der Waals surface area (Å²) in [5, 5.41) is 1.26. The SMILES string of the molecule is CC(C)N(CCc1c[nH]c2ccccc12)C(=O)C1CCCCN1Cc1ccccc1. The van der Waals surface area contributed by atoms with Gasteiger partial charge in [0.05, 0.1) is 6.04 Å². The highest BCUT2D eigenvalue weighted by molar-refractivity contribution is 5.84. The molecule has 2 heterocycles. The average Bonchev–Trinajstić information content (AvgIpc) is 3.18. The molecule has 0 aliphatic carbocycles. The molecule has 3 aromatic rings. The predicted molar refractivity (Wildman–Crippen MR) is 123 cm³/mol. The number of amides is 1. The van der Waals surface area contributed by atoms with E-state index in [-0.39, 0.29) is 12.1 Å². The Bertz CT molecular complexity index is 963. The molecule has 1 aliphatic heterocycles. The first-order chi connectivity index (χ1) is 14.6. The number of nitrogens with one attached hydrogen (secondary N) is 1. The first-order valence-electron chi connectivity index (χ1n) is 11.3. The predicted octanol–water partition coefficient (Wildman–Crippen LogP) is 5.00. The fourth-order valence-electron chi connectivity index (χ4n) is 4.67. The molecule has 30 heavy (non-hydrogen) atoms. The number of carbonyl (C=O) groups excluding carboxylic acids is 1. The van der Waals surface area contributed by atoms with Crippen molar-refractivity contribution in [1.29, 1.82) is 0 Å². The van der Waals surface area contributed by atoms with Crippen molar-refractivity contribution >= 4 is 16.8 Å². The molecular weight excluding hydrogens is 370 g/mol. The zero-order chi connectivity index (χ0) is 20.9. The lowest BCUT2D eigenvalue weighted by Gasteiger charge is -2.39. The van der Waals surface area contributed by atoms with Crippen LogP contribution in [0.3, 0.4) is 0 Å². The summed E-state index contributed by atoms with van der Waals surface area (Å²) in [6.07, 6.45) is 6.24. The summed E-state index contributed by atoms with van der Waals surface area (Å²) in [7, 11) is 0. The van der Waals surface area contributed by atoms with E-state index in [0.29, 0.717) is 5.91 Å². The van der Waals surface area contributed by atoms with Crippen molar-refractivity contribution in [3.05, 3.63) is 71.9 Å². The van der Waals surface area contributed by atoms with Crippen LogP contribution in [0.5, 0.6) is 0 Å². The molecule has 1 aliphatic rings.